The SMILES string of the molecule is O=C1C(=Cc2[nH]c(-c3ccc(Cl)cc3)cc2CCCO)SC(=S)N1C1C2CC3CC(C2)CC1C3. The molecule has 0 spiro atoms. The van der Waals surface area contributed by atoms with Gasteiger partial charge in [-0.3, -0.25) is 9.69 Å². The number of aromatic nitrogens is 1. The molecule has 2 heterocycles. The smallest absolute Gasteiger partial charge is 0.266 e. The van der Waals surface area contributed by atoms with Gasteiger partial charge in [0, 0.05) is 29.1 Å². The van der Waals surface area contributed by atoms with E-state index in [2.05, 4.69) is 11.1 Å². The second-order valence-corrected chi connectivity index (χ2v) is 12.5. The summed E-state index contributed by atoms with van der Waals surface area (Å²) in [7, 11) is 0. The van der Waals surface area contributed by atoms with Crippen molar-refractivity contribution in [3.63, 3.8) is 0 Å². The summed E-state index contributed by atoms with van der Waals surface area (Å²) >= 11 is 13.3. The van der Waals surface area contributed by atoms with E-state index in [0.29, 0.717) is 28.2 Å². The number of hydrogen-bond donors (Lipinski definition) is 2. The van der Waals surface area contributed by atoms with Gasteiger partial charge in [0.25, 0.3) is 5.91 Å². The maximum atomic E-state index is 13.7. The summed E-state index contributed by atoms with van der Waals surface area (Å²) in [5, 5.41) is 10.1. The number of thiocarbonyl (C=S) groups is 1. The van der Waals surface area contributed by atoms with Crippen LogP contribution >= 0.6 is 35.6 Å². The molecule has 5 aliphatic rings. The number of benzene rings is 1. The Morgan fingerprint density at radius 1 is 1.12 bits per heavy atom. The lowest BCUT2D eigenvalue weighted by Crippen LogP contribution is -2.57. The first-order valence-corrected chi connectivity index (χ1v) is 14.0. The Morgan fingerprint density at radius 2 is 1.79 bits per heavy atom. The second kappa shape index (κ2) is 9.12. The molecule has 4 aliphatic carbocycles. The number of carbonyl (C=O) groups is 1. The Hall–Kier alpha value is -1.60. The number of aromatic amines is 1. The number of aryl methyl sites for hydroxylation is 1. The minimum atomic E-state index is 0.0724. The van der Waals surface area contributed by atoms with Crippen molar-refractivity contribution in [2.24, 2.45) is 23.7 Å². The predicted molar refractivity (Wildman–Crippen MR) is 142 cm³/mol. The first-order chi connectivity index (χ1) is 16.5. The van der Waals surface area contributed by atoms with Crippen molar-refractivity contribution < 1.29 is 9.90 Å². The van der Waals surface area contributed by atoms with Crippen molar-refractivity contribution in [1.82, 2.24) is 9.88 Å². The van der Waals surface area contributed by atoms with Crippen molar-refractivity contribution in [3.8, 4) is 11.3 Å². The zero-order chi connectivity index (χ0) is 23.4. The summed E-state index contributed by atoms with van der Waals surface area (Å²) in [6.45, 7) is 0.134. The van der Waals surface area contributed by atoms with Gasteiger partial charge in [0.1, 0.15) is 4.32 Å². The van der Waals surface area contributed by atoms with Crippen LogP contribution in [0.2, 0.25) is 5.02 Å². The third kappa shape index (κ3) is 4.06. The topological polar surface area (TPSA) is 56.3 Å². The van der Waals surface area contributed by atoms with Gasteiger partial charge in [-0.1, -0.05) is 47.7 Å². The van der Waals surface area contributed by atoms with Crippen LogP contribution in [0.4, 0.5) is 0 Å². The monoisotopic (exact) mass is 512 g/mol. The molecule has 1 aromatic carbocycles. The van der Waals surface area contributed by atoms with Crippen LogP contribution < -0.4 is 0 Å². The lowest BCUT2D eigenvalue weighted by atomic mass is 9.54. The van der Waals surface area contributed by atoms with Crippen LogP contribution in [0.3, 0.4) is 0 Å². The molecule has 4 bridgehead atoms. The third-order valence-electron chi connectivity index (χ3n) is 8.27. The number of carbonyl (C=O) groups excluding carboxylic acids is 1. The Labute approximate surface area is 215 Å². The average molecular weight is 513 g/mol. The third-order valence-corrected chi connectivity index (χ3v) is 9.85. The van der Waals surface area contributed by atoms with Crippen molar-refractivity contribution >= 4 is 51.9 Å². The fourth-order valence-corrected chi connectivity index (χ4v) is 8.54. The summed E-state index contributed by atoms with van der Waals surface area (Å²) < 4.78 is 0.718. The summed E-state index contributed by atoms with van der Waals surface area (Å²) in [5.41, 5.74) is 4.03. The van der Waals surface area contributed by atoms with Gasteiger partial charge in [-0.2, -0.15) is 0 Å². The Morgan fingerprint density at radius 3 is 2.44 bits per heavy atom. The van der Waals surface area contributed by atoms with E-state index in [-0.39, 0.29) is 18.6 Å². The summed E-state index contributed by atoms with van der Waals surface area (Å²) in [5.74, 6) is 3.03. The van der Waals surface area contributed by atoms with E-state index in [4.69, 9.17) is 23.8 Å². The first kappa shape index (κ1) is 22.8. The molecule has 0 unspecified atom stereocenters. The van der Waals surface area contributed by atoms with Gasteiger partial charge < -0.3 is 10.1 Å². The Balaban J connectivity index is 1.30. The highest BCUT2D eigenvalue weighted by Crippen LogP contribution is 2.56. The molecule has 2 aromatic rings. The maximum Gasteiger partial charge on any atom is 0.266 e. The average Bonchev–Trinajstić information content (AvgIpc) is 3.33. The van der Waals surface area contributed by atoms with Gasteiger partial charge in [-0.15, -0.1) is 0 Å². The lowest BCUT2D eigenvalue weighted by Gasteiger charge is -2.56. The number of H-pyrrole nitrogens is 1. The molecular formula is C27H29ClN2O2S2. The van der Waals surface area contributed by atoms with Crippen molar-refractivity contribution in [1.29, 1.82) is 0 Å². The number of aliphatic hydroxyl groups is 1. The van der Waals surface area contributed by atoms with E-state index in [1.807, 2.05) is 35.2 Å². The highest BCUT2D eigenvalue weighted by atomic mass is 35.5. The van der Waals surface area contributed by atoms with Gasteiger partial charge >= 0.3 is 0 Å². The molecule has 1 amide bonds. The van der Waals surface area contributed by atoms with E-state index in [0.717, 1.165) is 45.1 Å². The lowest BCUT2D eigenvalue weighted by molar-refractivity contribution is -0.130. The zero-order valence-electron chi connectivity index (χ0n) is 19.0. The molecule has 34 heavy (non-hydrogen) atoms. The van der Waals surface area contributed by atoms with E-state index < -0.39 is 0 Å². The minimum absolute atomic E-state index is 0.0724. The normalized spacial score (nSPS) is 31.3. The van der Waals surface area contributed by atoms with Gasteiger partial charge in [0.15, 0.2) is 0 Å². The molecule has 0 radical (unpaired) electrons. The molecule has 7 rings (SSSR count). The van der Waals surface area contributed by atoms with Crippen LogP contribution in [-0.4, -0.2) is 37.9 Å². The van der Waals surface area contributed by atoms with Crippen molar-refractivity contribution in [2.75, 3.05) is 6.61 Å². The standard InChI is InChI=1S/C27H29ClN2O2S2/c28-21-5-3-17(4-6-21)22-13-18(2-1-7-31)23(29-22)14-24-26(32)30(27(33)34-24)25-19-9-15-8-16(11-19)12-20(25)10-15/h3-6,13-16,19-20,25,29,31H,1-2,7-12H2. The summed E-state index contributed by atoms with van der Waals surface area (Å²) in [6, 6.07) is 10.1. The molecule has 0 atom stereocenters. The molecule has 7 heteroatoms. The molecule has 4 nitrogen and oxygen atoms in total. The largest absolute Gasteiger partial charge is 0.396 e. The highest BCUT2D eigenvalue weighted by molar-refractivity contribution is 8.26. The number of aliphatic hydroxyl groups excluding tert-OH is 1. The number of thioether (sulfide) groups is 1. The molecule has 1 aromatic heterocycles. The van der Waals surface area contributed by atoms with E-state index >= 15 is 0 Å². The van der Waals surface area contributed by atoms with Gasteiger partial charge in [-0.25, -0.2) is 0 Å². The fourth-order valence-electron chi connectivity index (χ4n) is 7.09. The van der Waals surface area contributed by atoms with Crippen molar-refractivity contribution in [3.05, 3.63) is 51.5 Å². The first-order valence-electron chi connectivity index (χ1n) is 12.4. The van der Waals surface area contributed by atoms with Crippen LogP contribution in [0, 0.1) is 23.7 Å². The number of hydrogen-bond acceptors (Lipinski definition) is 4. The maximum absolute atomic E-state index is 13.7. The fraction of sp³-hybridized carbons (Fsp3) is 0.481. The van der Waals surface area contributed by atoms with E-state index in [9.17, 15) is 9.90 Å². The zero-order valence-corrected chi connectivity index (χ0v) is 21.4. The molecule has 178 valence electrons. The Bertz CT molecular complexity index is 1130. The van der Waals surface area contributed by atoms with Crippen molar-refractivity contribution in [2.45, 2.75) is 51.0 Å². The van der Waals surface area contributed by atoms with Gasteiger partial charge in [0.2, 0.25) is 0 Å². The minimum Gasteiger partial charge on any atom is -0.396 e. The van der Waals surface area contributed by atoms with Crippen LogP contribution in [0.5, 0.6) is 0 Å². The quantitative estimate of drug-likeness (QED) is 0.353. The van der Waals surface area contributed by atoms with Crippen LogP contribution in [0.15, 0.2) is 35.2 Å². The summed E-state index contributed by atoms with van der Waals surface area (Å²) in [4.78, 5) is 19.9. The number of halogens is 1. The number of rotatable bonds is 6. The summed E-state index contributed by atoms with van der Waals surface area (Å²) in [6.07, 6.45) is 9.84. The molecular weight excluding hydrogens is 484 g/mol. The number of nitrogens with one attached hydrogen (secondary N) is 1. The molecule has 5 fully saturated rings. The predicted octanol–water partition coefficient (Wildman–Crippen LogP) is 6.29. The molecule has 1 aliphatic heterocycles. The molecule has 1 saturated heterocycles. The number of nitrogens with zero attached hydrogens (tertiary/aromatic N) is 1. The number of amides is 1. The highest BCUT2D eigenvalue weighted by Gasteiger charge is 2.53. The van der Waals surface area contributed by atoms with Crippen LogP contribution in [0.25, 0.3) is 17.3 Å². The van der Waals surface area contributed by atoms with Gasteiger partial charge in [-0.05, 0) is 104 Å². The van der Waals surface area contributed by atoms with E-state index in [1.54, 1.807) is 0 Å². The van der Waals surface area contributed by atoms with Gasteiger partial charge in [0.05, 0.1) is 4.91 Å². The van der Waals surface area contributed by atoms with Crippen LogP contribution in [0.1, 0.15) is 49.8 Å². The molecule has 4 saturated carbocycles. The van der Waals surface area contributed by atoms with E-state index in [1.165, 1.54) is 43.9 Å². The van der Waals surface area contributed by atoms with Crippen LogP contribution in [-0.2, 0) is 11.2 Å². The Kier molecular flexibility index (Phi) is 6.13. The second-order valence-electron chi connectivity index (χ2n) is 10.4. The molecule has 2 N–H and O–H groups in total.